The molecular weight excluding hydrogens is 140 g/mol. The molecule has 2 N–H and O–H groups in total. The largest absolute Gasteiger partial charge is 0.492 e. The third-order valence-corrected chi connectivity index (χ3v) is 1.34. The molecule has 1 aromatic heterocycles. The summed E-state index contributed by atoms with van der Waals surface area (Å²) in [4.78, 5) is 4.07. The second-order valence-corrected chi connectivity index (χ2v) is 2.09. The van der Waals surface area contributed by atoms with Crippen molar-refractivity contribution in [2.45, 2.75) is 13.5 Å². The number of nitrogens with two attached hydrogens (primary N) is 1. The van der Waals surface area contributed by atoms with E-state index >= 15 is 0 Å². The Morgan fingerprint density at radius 3 is 3.09 bits per heavy atom. The maximum absolute atomic E-state index is 5.44. The minimum absolute atomic E-state index is 0.427. The Labute approximate surface area is 66.2 Å². The highest BCUT2D eigenvalue weighted by molar-refractivity contribution is 5.26. The molecule has 3 nitrogen and oxygen atoms in total. The molecule has 0 atom stereocenters. The normalized spacial score (nSPS) is 9.64. The van der Waals surface area contributed by atoms with Crippen molar-refractivity contribution in [3.05, 3.63) is 24.0 Å². The molecule has 60 valence electrons. The first-order valence-electron chi connectivity index (χ1n) is 3.65. The fraction of sp³-hybridized carbons (Fsp3) is 0.375. The van der Waals surface area contributed by atoms with Gasteiger partial charge in [0.15, 0.2) is 0 Å². The van der Waals surface area contributed by atoms with E-state index < -0.39 is 0 Å². The molecule has 11 heavy (non-hydrogen) atoms. The highest BCUT2D eigenvalue weighted by atomic mass is 16.5. The van der Waals surface area contributed by atoms with Crippen molar-refractivity contribution in [2.75, 3.05) is 6.61 Å². The van der Waals surface area contributed by atoms with Crippen LogP contribution >= 0.6 is 0 Å². The van der Waals surface area contributed by atoms with Crippen LogP contribution in [0.5, 0.6) is 5.75 Å². The van der Waals surface area contributed by atoms with E-state index in [9.17, 15) is 0 Å². The molecule has 0 unspecified atom stereocenters. The van der Waals surface area contributed by atoms with E-state index in [0.717, 1.165) is 11.4 Å². The van der Waals surface area contributed by atoms with Gasteiger partial charge < -0.3 is 10.5 Å². The Hall–Kier alpha value is -1.09. The first kappa shape index (κ1) is 8.01. The van der Waals surface area contributed by atoms with Gasteiger partial charge in [0.05, 0.1) is 12.3 Å². The molecule has 0 aliphatic rings. The average molecular weight is 152 g/mol. The Balaban J connectivity index is 2.83. The summed E-state index contributed by atoms with van der Waals surface area (Å²) in [5, 5.41) is 0. The quantitative estimate of drug-likeness (QED) is 0.701. The van der Waals surface area contributed by atoms with Gasteiger partial charge in [0.2, 0.25) is 0 Å². The van der Waals surface area contributed by atoms with Crippen LogP contribution in [0.2, 0.25) is 0 Å². The van der Waals surface area contributed by atoms with Gasteiger partial charge in [-0.2, -0.15) is 0 Å². The molecule has 0 radical (unpaired) electrons. The lowest BCUT2D eigenvalue weighted by molar-refractivity contribution is 0.334. The average Bonchev–Trinajstić information content (AvgIpc) is 2.06. The molecule has 0 fully saturated rings. The van der Waals surface area contributed by atoms with Crippen LogP contribution in [0.15, 0.2) is 18.3 Å². The molecule has 1 heterocycles. The van der Waals surface area contributed by atoms with Crippen molar-refractivity contribution < 1.29 is 4.74 Å². The Morgan fingerprint density at radius 2 is 2.45 bits per heavy atom. The molecule has 0 aromatic carbocycles. The summed E-state index contributed by atoms with van der Waals surface area (Å²) in [7, 11) is 0. The lowest BCUT2D eigenvalue weighted by Crippen LogP contribution is -2.03. The smallest absolute Gasteiger partial charge is 0.142 e. The van der Waals surface area contributed by atoms with Crippen LogP contribution in [0.4, 0.5) is 0 Å². The molecule has 3 heteroatoms. The molecule has 0 spiro atoms. The summed E-state index contributed by atoms with van der Waals surface area (Å²) in [5.74, 6) is 0.789. The predicted octanol–water partition coefficient (Wildman–Crippen LogP) is 0.939. The van der Waals surface area contributed by atoms with Gasteiger partial charge in [-0.1, -0.05) is 0 Å². The molecule has 1 aromatic rings. The molecule has 0 aliphatic heterocycles. The molecule has 0 bridgehead atoms. The fourth-order valence-electron chi connectivity index (χ4n) is 0.863. The molecule has 0 aliphatic carbocycles. The van der Waals surface area contributed by atoms with E-state index in [0.29, 0.717) is 13.2 Å². The summed E-state index contributed by atoms with van der Waals surface area (Å²) in [5.41, 5.74) is 6.25. The molecular formula is C8H12N2O. The zero-order chi connectivity index (χ0) is 8.10. The second kappa shape index (κ2) is 3.93. The standard InChI is InChI=1S/C8H12N2O/c1-2-11-8-4-3-5-10-7(8)6-9/h3-5H,2,6,9H2,1H3. The van der Waals surface area contributed by atoms with Crippen molar-refractivity contribution in [1.82, 2.24) is 4.98 Å². The minimum atomic E-state index is 0.427. The number of aromatic nitrogens is 1. The predicted molar refractivity (Wildman–Crippen MR) is 43.3 cm³/mol. The zero-order valence-corrected chi connectivity index (χ0v) is 6.58. The SMILES string of the molecule is CCOc1cccnc1CN. The molecule has 1 rings (SSSR count). The van der Waals surface area contributed by atoms with E-state index in [4.69, 9.17) is 10.5 Å². The second-order valence-electron chi connectivity index (χ2n) is 2.09. The number of rotatable bonds is 3. The van der Waals surface area contributed by atoms with Gasteiger partial charge >= 0.3 is 0 Å². The van der Waals surface area contributed by atoms with Crippen molar-refractivity contribution in [3.63, 3.8) is 0 Å². The number of hydrogen-bond donors (Lipinski definition) is 1. The third kappa shape index (κ3) is 1.91. The maximum atomic E-state index is 5.44. The number of hydrogen-bond acceptors (Lipinski definition) is 3. The van der Waals surface area contributed by atoms with Crippen LogP contribution < -0.4 is 10.5 Å². The van der Waals surface area contributed by atoms with Crippen LogP contribution in [0.3, 0.4) is 0 Å². The molecule has 0 saturated heterocycles. The lowest BCUT2D eigenvalue weighted by Gasteiger charge is -2.05. The van der Waals surface area contributed by atoms with Gasteiger partial charge in [0.25, 0.3) is 0 Å². The molecule has 0 saturated carbocycles. The summed E-state index contributed by atoms with van der Waals surface area (Å²) in [6.45, 7) is 3.02. The zero-order valence-electron chi connectivity index (χ0n) is 6.58. The fourth-order valence-corrected chi connectivity index (χ4v) is 0.863. The Morgan fingerprint density at radius 1 is 1.64 bits per heavy atom. The summed E-state index contributed by atoms with van der Waals surface area (Å²) >= 11 is 0. The van der Waals surface area contributed by atoms with Crippen LogP contribution in [0, 0.1) is 0 Å². The summed E-state index contributed by atoms with van der Waals surface area (Å²) in [6, 6.07) is 3.71. The first-order valence-corrected chi connectivity index (χ1v) is 3.65. The van der Waals surface area contributed by atoms with Gasteiger partial charge in [0, 0.05) is 12.7 Å². The van der Waals surface area contributed by atoms with Gasteiger partial charge in [0.1, 0.15) is 5.75 Å². The summed E-state index contributed by atoms with van der Waals surface area (Å²) in [6.07, 6.45) is 1.71. The van der Waals surface area contributed by atoms with Gasteiger partial charge in [-0.05, 0) is 19.1 Å². The van der Waals surface area contributed by atoms with Crippen molar-refractivity contribution >= 4 is 0 Å². The lowest BCUT2D eigenvalue weighted by atomic mass is 10.3. The minimum Gasteiger partial charge on any atom is -0.492 e. The van der Waals surface area contributed by atoms with E-state index in [-0.39, 0.29) is 0 Å². The highest BCUT2D eigenvalue weighted by Crippen LogP contribution is 2.13. The number of nitrogens with zero attached hydrogens (tertiary/aromatic N) is 1. The van der Waals surface area contributed by atoms with Crippen LogP contribution in [0.1, 0.15) is 12.6 Å². The number of ether oxygens (including phenoxy) is 1. The van der Waals surface area contributed by atoms with E-state index in [1.54, 1.807) is 6.20 Å². The van der Waals surface area contributed by atoms with E-state index in [2.05, 4.69) is 4.98 Å². The third-order valence-electron chi connectivity index (χ3n) is 1.34. The van der Waals surface area contributed by atoms with Crippen LogP contribution in [-0.4, -0.2) is 11.6 Å². The number of pyridine rings is 1. The van der Waals surface area contributed by atoms with E-state index in [1.165, 1.54) is 0 Å². The van der Waals surface area contributed by atoms with Gasteiger partial charge in [-0.25, -0.2) is 0 Å². The van der Waals surface area contributed by atoms with Crippen molar-refractivity contribution in [3.8, 4) is 5.75 Å². The molecule has 0 amide bonds. The van der Waals surface area contributed by atoms with Crippen LogP contribution in [0.25, 0.3) is 0 Å². The monoisotopic (exact) mass is 152 g/mol. The first-order chi connectivity index (χ1) is 5.38. The topological polar surface area (TPSA) is 48.1 Å². The van der Waals surface area contributed by atoms with Crippen LogP contribution in [-0.2, 0) is 6.54 Å². The van der Waals surface area contributed by atoms with E-state index in [1.807, 2.05) is 19.1 Å². The van der Waals surface area contributed by atoms with Crippen molar-refractivity contribution in [2.24, 2.45) is 5.73 Å². The summed E-state index contributed by atoms with van der Waals surface area (Å²) < 4.78 is 5.29. The maximum Gasteiger partial charge on any atom is 0.142 e. The van der Waals surface area contributed by atoms with Gasteiger partial charge in [-0.3, -0.25) is 4.98 Å². The van der Waals surface area contributed by atoms with Crippen molar-refractivity contribution in [1.29, 1.82) is 0 Å². The Kier molecular flexibility index (Phi) is 2.86. The Bertz CT molecular complexity index is 225. The van der Waals surface area contributed by atoms with Gasteiger partial charge in [-0.15, -0.1) is 0 Å². The highest BCUT2D eigenvalue weighted by Gasteiger charge is 1.99.